The second kappa shape index (κ2) is 8.21. The Labute approximate surface area is 195 Å². The Morgan fingerprint density at radius 3 is 2.97 bits per heavy atom. The lowest BCUT2D eigenvalue weighted by Gasteiger charge is -2.12. The summed E-state index contributed by atoms with van der Waals surface area (Å²) in [6.45, 7) is 3.29. The maximum absolute atomic E-state index is 12.8. The van der Waals surface area contributed by atoms with Crippen LogP contribution in [0.3, 0.4) is 0 Å². The molecule has 0 radical (unpaired) electrons. The molecule has 0 aromatic carbocycles. The first-order valence-corrected chi connectivity index (χ1v) is 11.4. The molecule has 0 spiro atoms. The van der Waals surface area contributed by atoms with Crippen molar-refractivity contribution in [1.29, 1.82) is 0 Å². The minimum absolute atomic E-state index is 0.0184. The van der Waals surface area contributed by atoms with Crippen LogP contribution < -0.4 is 10.1 Å². The lowest BCUT2D eigenvalue weighted by atomic mass is 10.2. The van der Waals surface area contributed by atoms with Crippen LogP contribution in [-0.4, -0.2) is 54.6 Å². The largest absolute Gasteiger partial charge is 0.484 e. The van der Waals surface area contributed by atoms with E-state index in [2.05, 4.69) is 20.5 Å². The molecule has 2 aliphatic rings. The van der Waals surface area contributed by atoms with Crippen molar-refractivity contribution < 1.29 is 14.3 Å². The van der Waals surface area contributed by atoms with Crippen molar-refractivity contribution in [3.05, 3.63) is 54.1 Å². The number of rotatable bonds is 6. The van der Waals surface area contributed by atoms with Crippen molar-refractivity contribution in [3.8, 4) is 17.1 Å². The van der Waals surface area contributed by atoms with E-state index in [0.29, 0.717) is 36.1 Å². The highest BCUT2D eigenvalue weighted by atomic mass is 16.5. The van der Waals surface area contributed by atoms with E-state index in [9.17, 15) is 4.79 Å². The summed E-state index contributed by atoms with van der Waals surface area (Å²) in [6.07, 6.45) is 7.04. The summed E-state index contributed by atoms with van der Waals surface area (Å²) in [5.74, 6) is 1.18. The van der Waals surface area contributed by atoms with E-state index < -0.39 is 0 Å². The summed E-state index contributed by atoms with van der Waals surface area (Å²) in [5.41, 5.74) is 4.20. The van der Waals surface area contributed by atoms with Crippen LogP contribution in [0.1, 0.15) is 30.0 Å². The third-order valence-corrected chi connectivity index (χ3v) is 6.35. The Balaban J connectivity index is 1.19. The second-order valence-corrected chi connectivity index (χ2v) is 8.93. The molecule has 6 rings (SSSR count). The van der Waals surface area contributed by atoms with E-state index in [1.807, 2.05) is 44.6 Å². The number of aryl methyl sites for hydroxylation is 2. The smallest absolute Gasteiger partial charge is 0.229 e. The summed E-state index contributed by atoms with van der Waals surface area (Å²) in [4.78, 5) is 22.0. The van der Waals surface area contributed by atoms with Gasteiger partial charge in [-0.3, -0.25) is 14.5 Å². The van der Waals surface area contributed by atoms with Crippen LogP contribution in [0, 0.1) is 12.8 Å². The summed E-state index contributed by atoms with van der Waals surface area (Å²) in [7, 11) is 1.86. The fraction of sp³-hybridized carbons (Fsp3) is 0.375. The van der Waals surface area contributed by atoms with E-state index in [-0.39, 0.29) is 23.8 Å². The lowest BCUT2D eigenvalue weighted by molar-refractivity contribution is -0.117. The van der Waals surface area contributed by atoms with Gasteiger partial charge in [0.1, 0.15) is 11.8 Å². The highest BCUT2D eigenvalue weighted by Crippen LogP contribution is 2.47. The van der Waals surface area contributed by atoms with Crippen LogP contribution in [0.4, 0.5) is 5.82 Å². The fourth-order valence-corrected chi connectivity index (χ4v) is 4.38. The van der Waals surface area contributed by atoms with Crippen LogP contribution in [0.5, 0.6) is 5.75 Å². The molecule has 1 aliphatic heterocycles. The predicted molar refractivity (Wildman–Crippen MR) is 123 cm³/mol. The molecule has 1 amide bonds. The van der Waals surface area contributed by atoms with Gasteiger partial charge < -0.3 is 14.8 Å². The molecule has 5 heterocycles. The topological polar surface area (TPSA) is 108 Å². The number of nitrogens with zero attached hydrogens (tertiary/aromatic N) is 6. The molecule has 2 fully saturated rings. The third-order valence-electron chi connectivity index (χ3n) is 6.35. The molecule has 34 heavy (non-hydrogen) atoms. The summed E-state index contributed by atoms with van der Waals surface area (Å²) in [5, 5.41) is 11.7. The SMILES string of the molecule is Cc1ccc([C@@H]2C[C@@H]2C(=O)Nc2cc3nc(-c4c(O[C@@H]5CCOC5)cnn4C)ccn3n2)nc1. The molecule has 10 heteroatoms. The molecule has 1 N–H and O–H groups in total. The monoisotopic (exact) mass is 459 g/mol. The molecule has 4 aromatic rings. The molecule has 174 valence electrons. The number of pyridine rings is 1. The van der Waals surface area contributed by atoms with E-state index >= 15 is 0 Å². The molecule has 3 atom stereocenters. The first-order valence-electron chi connectivity index (χ1n) is 11.4. The molecule has 0 bridgehead atoms. The molecular formula is C24H25N7O3. The normalized spacial score (nSPS) is 21.6. The predicted octanol–water partition coefficient (Wildman–Crippen LogP) is 2.74. The lowest BCUT2D eigenvalue weighted by Crippen LogP contribution is -2.16. The van der Waals surface area contributed by atoms with Crippen LogP contribution in [-0.2, 0) is 16.6 Å². The molecule has 1 saturated carbocycles. The van der Waals surface area contributed by atoms with Gasteiger partial charge in [-0.05, 0) is 31.0 Å². The summed E-state index contributed by atoms with van der Waals surface area (Å²) in [6, 6.07) is 7.66. The second-order valence-electron chi connectivity index (χ2n) is 8.93. The number of ether oxygens (including phenoxy) is 2. The number of carbonyl (C=O) groups excluding carboxylic acids is 1. The highest BCUT2D eigenvalue weighted by Gasteiger charge is 2.45. The van der Waals surface area contributed by atoms with Gasteiger partial charge in [0, 0.05) is 49.5 Å². The van der Waals surface area contributed by atoms with E-state index in [1.165, 1.54) is 0 Å². The Morgan fingerprint density at radius 1 is 1.26 bits per heavy atom. The average molecular weight is 460 g/mol. The maximum Gasteiger partial charge on any atom is 0.229 e. The van der Waals surface area contributed by atoms with Gasteiger partial charge in [-0.15, -0.1) is 5.10 Å². The Kier molecular flexibility index (Phi) is 5.02. The number of fused-ring (bicyclic) bond motifs is 1. The first kappa shape index (κ1) is 20.8. The average Bonchev–Trinajstić information content (AvgIpc) is 3.11. The number of carbonyl (C=O) groups is 1. The number of hydrogen-bond acceptors (Lipinski definition) is 7. The molecule has 10 nitrogen and oxygen atoms in total. The molecular weight excluding hydrogens is 434 g/mol. The zero-order valence-electron chi connectivity index (χ0n) is 19.0. The van der Waals surface area contributed by atoms with Crippen LogP contribution in [0.25, 0.3) is 17.0 Å². The molecule has 4 aromatic heterocycles. The van der Waals surface area contributed by atoms with Gasteiger partial charge in [-0.25, -0.2) is 9.50 Å². The van der Waals surface area contributed by atoms with E-state index in [4.69, 9.17) is 14.5 Å². The fourth-order valence-electron chi connectivity index (χ4n) is 4.38. The number of aromatic nitrogens is 6. The van der Waals surface area contributed by atoms with Gasteiger partial charge in [-0.2, -0.15) is 5.10 Å². The zero-order chi connectivity index (χ0) is 23.2. The van der Waals surface area contributed by atoms with Crippen molar-refractivity contribution in [2.24, 2.45) is 13.0 Å². The first-order chi connectivity index (χ1) is 16.5. The Hall–Kier alpha value is -3.79. The zero-order valence-corrected chi connectivity index (χ0v) is 19.0. The van der Waals surface area contributed by atoms with Crippen LogP contribution >= 0.6 is 0 Å². The summed E-state index contributed by atoms with van der Waals surface area (Å²) < 4.78 is 14.9. The number of hydrogen-bond donors (Lipinski definition) is 1. The van der Waals surface area contributed by atoms with Gasteiger partial charge in [0.15, 0.2) is 17.2 Å². The Bertz CT molecular complexity index is 1350. The molecule has 1 aliphatic carbocycles. The number of amides is 1. The van der Waals surface area contributed by atoms with Gasteiger partial charge in [-0.1, -0.05) is 6.07 Å². The van der Waals surface area contributed by atoms with Crippen molar-refractivity contribution in [2.45, 2.75) is 31.8 Å². The van der Waals surface area contributed by atoms with Crippen molar-refractivity contribution in [3.63, 3.8) is 0 Å². The van der Waals surface area contributed by atoms with Crippen molar-refractivity contribution >= 4 is 17.4 Å². The van der Waals surface area contributed by atoms with Gasteiger partial charge in [0.2, 0.25) is 5.91 Å². The minimum Gasteiger partial charge on any atom is -0.484 e. The minimum atomic E-state index is -0.0859. The molecule has 1 saturated heterocycles. The third kappa shape index (κ3) is 3.90. The molecule has 0 unspecified atom stereocenters. The van der Waals surface area contributed by atoms with Crippen molar-refractivity contribution in [2.75, 3.05) is 18.5 Å². The number of nitrogens with one attached hydrogen (secondary N) is 1. The van der Waals surface area contributed by atoms with E-state index in [0.717, 1.165) is 29.8 Å². The highest BCUT2D eigenvalue weighted by molar-refractivity contribution is 5.94. The van der Waals surface area contributed by atoms with E-state index in [1.54, 1.807) is 21.5 Å². The Morgan fingerprint density at radius 2 is 2.18 bits per heavy atom. The quantitative estimate of drug-likeness (QED) is 0.472. The van der Waals surface area contributed by atoms with Crippen LogP contribution in [0.15, 0.2) is 42.9 Å². The maximum atomic E-state index is 12.8. The van der Waals surface area contributed by atoms with Gasteiger partial charge >= 0.3 is 0 Å². The van der Waals surface area contributed by atoms with Gasteiger partial charge in [0.05, 0.1) is 25.1 Å². The van der Waals surface area contributed by atoms with Gasteiger partial charge in [0.25, 0.3) is 0 Å². The summed E-state index contributed by atoms with van der Waals surface area (Å²) >= 11 is 0. The standard InChI is InChI=1S/C24H25N7O3/c1-14-3-4-18(25-11-14)16-9-17(16)24(32)28-21-10-22-27-19(5-7-31(22)29-21)23-20(12-26-30(23)2)34-15-6-8-33-13-15/h3-5,7,10-12,15-17H,6,8-9,13H2,1-2H3,(H,28,29,32)/t15-,16-,17+/m1/s1. The number of anilines is 1. The van der Waals surface area contributed by atoms with Crippen LogP contribution in [0.2, 0.25) is 0 Å². The van der Waals surface area contributed by atoms with Crippen molar-refractivity contribution in [1.82, 2.24) is 29.4 Å².